The number of nitrogens with one attached hydrogen (secondary N) is 2. The summed E-state index contributed by atoms with van der Waals surface area (Å²) in [5.74, 6) is 0.520. The van der Waals surface area contributed by atoms with Gasteiger partial charge in [0.2, 0.25) is 5.91 Å². The highest BCUT2D eigenvalue weighted by Gasteiger charge is 2.24. The lowest BCUT2D eigenvalue weighted by atomic mass is 10.0. The maximum absolute atomic E-state index is 12.8. The summed E-state index contributed by atoms with van der Waals surface area (Å²) in [6.45, 7) is 8.27. The van der Waals surface area contributed by atoms with Crippen molar-refractivity contribution in [2.75, 3.05) is 18.0 Å². The van der Waals surface area contributed by atoms with Gasteiger partial charge < -0.3 is 15.5 Å². The number of aromatic nitrogens is 1. The average Bonchev–Trinajstić information content (AvgIpc) is 3.25. The first-order valence-corrected chi connectivity index (χ1v) is 10.3. The van der Waals surface area contributed by atoms with Crippen LogP contribution >= 0.6 is 0 Å². The Balaban J connectivity index is 1.61. The minimum atomic E-state index is -0.595. The van der Waals surface area contributed by atoms with Gasteiger partial charge in [0.1, 0.15) is 11.9 Å². The van der Waals surface area contributed by atoms with E-state index in [1.165, 1.54) is 12.8 Å². The van der Waals surface area contributed by atoms with Crippen LogP contribution in [0.4, 0.5) is 5.82 Å². The van der Waals surface area contributed by atoms with Crippen LogP contribution < -0.4 is 15.5 Å². The molecule has 1 aromatic heterocycles. The molecule has 2 amide bonds. The molecule has 2 heterocycles. The van der Waals surface area contributed by atoms with Crippen molar-refractivity contribution in [1.82, 2.24) is 15.6 Å². The van der Waals surface area contributed by atoms with Crippen LogP contribution in [-0.2, 0) is 11.3 Å². The molecule has 1 unspecified atom stereocenters. The van der Waals surface area contributed by atoms with Gasteiger partial charge in [-0.1, -0.05) is 31.5 Å². The molecule has 1 aliphatic rings. The molecule has 2 N–H and O–H groups in total. The second-order valence-corrected chi connectivity index (χ2v) is 8.00. The third kappa shape index (κ3) is 5.56. The molecule has 1 aliphatic heterocycles. The highest BCUT2D eigenvalue weighted by molar-refractivity contribution is 5.97. The highest BCUT2D eigenvalue weighted by atomic mass is 16.2. The smallest absolute Gasteiger partial charge is 0.251 e. The zero-order chi connectivity index (χ0) is 20.8. The lowest BCUT2D eigenvalue weighted by Crippen LogP contribution is -2.49. The third-order valence-electron chi connectivity index (χ3n) is 5.22. The number of benzene rings is 1. The number of carbonyl (C=O) groups is 2. The van der Waals surface area contributed by atoms with Crippen molar-refractivity contribution in [1.29, 1.82) is 0 Å². The average molecular weight is 395 g/mol. The van der Waals surface area contributed by atoms with Crippen molar-refractivity contribution < 1.29 is 9.59 Å². The van der Waals surface area contributed by atoms with Crippen LogP contribution in [0.25, 0.3) is 0 Å². The molecule has 1 aromatic carbocycles. The van der Waals surface area contributed by atoms with Crippen LogP contribution in [0.1, 0.15) is 48.2 Å². The molecule has 1 atom stereocenters. The summed E-state index contributed by atoms with van der Waals surface area (Å²) in [7, 11) is 0. The molecule has 1 saturated heterocycles. The molecule has 2 aromatic rings. The molecule has 0 aliphatic carbocycles. The Morgan fingerprint density at radius 2 is 1.90 bits per heavy atom. The lowest BCUT2D eigenvalue weighted by molar-refractivity contribution is -0.124. The fourth-order valence-electron chi connectivity index (χ4n) is 3.53. The van der Waals surface area contributed by atoms with Crippen molar-refractivity contribution in [3.05, 3.63) is 59.3 Å². The zero-order valence-electron chi connectivity index (χ0n) is 17.4. The number of pyridine rings is 1. The molecule has 6 nitrogen and oxygen atoms in total. The summed E-state index contributed by atoms with van der Waals surface area (Å²) < 4.78 is 0. The number of hydrogen-bond donors (Lipinski definition) is 2. The first-order chi connectivity index (χ1) is 13.9. The monoisotopic (exact) mass is 394 g/mol. The van der Waals surface area contributed by atoms with Gasteiger partial charge in [0.25, 0.3) is 5.91 Å². The van der Waals surface area contributed by atoms with E-state index < -0.39 is 6.04 Å². The van der Waals surface area contributed by atoms with Crippen molar-refractivity contribution in [3.63, 3.8) is 0 Å². The number of hydrogen-bond acceptors (Lipinski definition) is 4. The second-order valence-electron chi connectivity index (χ2n) is 8.00. The minimum Gasteiger partial charge on any atom is -0.357 e. The van der Waals surface area contributed by atoms with E-state index in [4.69, 9.17) is 0 Å². The fourth-order valence-corrected chi connectivity index (χ4v) is 3.53. The van der Waals surface area contributed by atoms with Gasteiger partial charge >= 0.3 is 0 Å². The molecule has 0 spiro atoms. The number of amides is 2. The standard InChI is InChI=1S/C23H30N4O2/c1-16(2)21(26-22(28)19-8-6-7-17(3)13-19)23(29)25-15-18-9-10-24-20(14-18)27-11-4-5-12-27/h6-10,13-14,16,21H,4-5,11-12,15H2,1-3H3,(H,25,29)(H,26,28). The molecule has 154 valence electrons. The Morgan fingerprint density at radius 1 is 1.14 bits per heavy atom. The van der Waals surface area contributed by atoms with Gasteiger partial charge in [-0.05, 0) is 55.5 Å². The molecule has 29 heavy (non-hydrogen) atoms. The molecule has 6 heteroatoms. The van der Waals surface area contributed by atoms with Crippen LogP contribution in [0, 0.1) is 12.8 Å². The Morgan fingerprint density at radius 3 is 2.59 bits per heavy atom. The topological polar surface area (TPSA) is 74.3 Å². The maximum atomic E-state index is 12.8. The van der Waals surface area contributed by atoms with Gasteiger partial charge in [0.15, 0.2) is 0 Å². The van der Waals surface area contributed by atoms with Gasteiger partial charge in [0, 0.05) is 31.4 Å². The molecule has 0 saturated carbocycles. The number of rotatable bonds is 7. The van der Waals surface area contributed by atoms with Crippen LogP contribution in [0.3, 0.4) is 0 Å². The van der Waals surface area contributed by atoms with Crippen molar-refractivity contribution in [2.24, 2.45) is 5.92 Å². The van der Waals surface area contributed by atoms with Gasteiger partial charge in [-0.25, -0.2) is 4.98 Å². The molecule has 0 bridgehead atoms. The molecular formula is C23H30N4O2. The first kappa shape index (κ1) is 20.8. The van der Waals surface area contributed by atoms with Gasteiger partial charge in [-0.2, -0.15) is 0 Å². The van der Waals surface area contributed by atoms with E-state index in [1.54, 1.807) is 12.3 Å². The van der Waals surface area contributed by atoms with E-state index in [-0.39, 0.29) is 17.7 Å². The summed E-state index contributed by atoms with van der Waals surface area (Å²) >= 11 is 0. The first-order valence-electron chi connectivity index (χ1n) is 10.3. The summed E-state index contributed by atoms with van der Waals surface area (Å²) in [6.07, 6.45) is 4.17. The fraction of sp³-hybridized carbons (Fsp3) is 0.435. The van der Waals surface area contributed by atoms with Crippen molar-refractivity contribution in [3.8, 4) is 0 Å². The van der Waals surface area contributed by atoms with Crippen LogP contribution in [-0.4, -0.2) is 35.9 Å². The van der Waals surface area contributed by atoms with Crippen LogP contribution in [0.2, 0.25) is 0 Å². The summed E-state index contributed by atoms with van der Waals surface area (Å²) in [5.41, 5.74) is 2.57. The van der Waals surface area contributed by atoms with E-state index in [0.29, 0.717) is 12.1 Å². The van der Waals surface area contributed by atoms with Crippen LogP contribution in [0.15, 0.2) is 42.6 Å². The van der Waals surface area contributed by atoms with E-state index in [0.717, 1.165) is 30.0 Å². The van der Waals surface area contributed by atoms with E-state index >= 15 is 0 Å². The summed E-state index contributed by atoms with van der Waals surface area (Å²) in [6, 6.07) is 10.7. The quantitative estimate of drug-likeness (QED) is 0.757. The third-order valence-corrected chi connectivity index (χ3v) is 5.22. The van der Waals surface area contributed by atoms with Crippen molar-refractivity contribution >= 4 is 17.6 Å². The maximum Gasteiger partial charge on any atom is 0.251 e. The largest absolute Gasteiger partial charge is 0.357 e. The summed E-state index contributed by atoms with van der Waals surface area (Å²) in [4.78, 5) is 32.1. The summed E-state index contributed by atoms with van der Waals surface area (Å²) in [5, 5.41) is 5.85. The Bertz CT molecular complexity index is 859. The molecule has 1 fully saturated rings. The number of anilines is 1. The van der Waals surface area contributed by atoms with E-state index in [9.17, 15) is 9.59 Å². The SMILES string of the molecule is Cc1cccc(C(=O)NC(C(=O)NCc2ccnc(N3CCCC3)c2)C(C)C)c1. The second kappa shape index (κ2) is 9.54. The zero-order valence-corrected chi connectivity index (χ0v) is 17.4. The molecular weight excluding hydrogens is 364 g/mol. The number of carbonyl (C=O) groups excluding carboxylic acids is 2. The Labute approximate surface area is 172 Å². The van der Waals surface area contributed by atoms with Crippen molar-refractivity contribution in [2.45, 2.75) is 46.2 Å². The van der Waals surface area contributed by atoms with E-state index in [2.05, 4.69) is 20.5 Å². The van der Waals surface area contributed by atoms with Gasteiger partial charge in [-0.3, -0.25) is 9.59 Å². The molecule has 0 radical (unpaired) electrons. The lowest BCUT2D eigenvalue weighted by Gasteiger charge is -2.22. The normalized spacial score (nSPS) is 14.7. The van der Waals surface area contributed by atoms with Crippen LogP contribution in [0.5, 0.6) is 0 Å². The molecule has 3 rings (SSSR count). The Hall–Kier alpha value is -2.89. The Kier molecular flexibility index (Phi) is 6.86. The van der Waals surface area contributed by atoms with Gasteiger partial charge in [0.05, 0.1) is 0 Å². The number of aryl methyl sites for hydroxylation is 1. The predicted molar refractivity (Wildman–Crippen MR) is 115 cm³/mol. The van der Waals surface area contributed by atoms with E-state index in [1.807, 2.05) is 51.1 Å². The van der Waals surface area contributed by atoms with Gasteiger partial charge in [-0.15, -0.1) is 0 Å². The predicted octanol–water partition coefficient (Wildman–Crippen LogP) is 3.06. The highest BCUT2D eigenvalue weighted by Crippen LogP contribution is 2.18. The minimum absolute atomic E-state index is 0.0265. The number of nitrogens with zero attached hydrogens (tertiary/aromatic N) is 2.